The van der Waals surface area contributed by atoms with Gasteiger partial charge in [0, 0.05) is 0 Å². The van der Waals surface area contributed by atoms with Crippen LogP contribution in [0.1, 0.15) is 0 Å². The van der Waals surface area contributed by atoms with Crippen LogP contribution in [0.15, 0.2) is 24.3 Å². The standard InChI is InChI=1S/C6H4AsFO2/c8-7-9-5-3-1-2-4-6(5)10-7/h1-4H. The van der Waals surface area contributed by atoms with Gasteiger partial charge in [0.1, 0.15) is 0 Å². The van der Waals surface area contributed by atoms with Crippen molar-refractivity contribution in [3.63, 3.8) is 0 Å². The second-order valence-corrected chi connectivity index (χ2v) is 3.50. The molecule has 0 spiro atoms. The van der Waals surface area contributed by atoms with Gasteiger partial charge >= 0.3 is 62.5 Å². The Bertz CT molecular complexity index is 228. The molecule has 0 aromatic heterocycles. The first kappa shape index (κ1) is 6.05. The topological polar surface area (TPSA) is 18.5 Å². The Morgan fingerprint density at radius 3 is 2.10 bits per heavy atom. The fourth-order valence-corrected chi connectivity index (χ4v) is 2.13. The Balaban J connectivity index is 2.42. The van der Waals surface area contributed by atoms with Crippen molar-refractivity contribution in [3.05, 3.63) is 24.3 Å². The normalized spacial score (nSPS) is 15.7. The van der Waals surface area contributed by atoms with Gasteiger partial charge in [0.05, 0.1) is 0 Å². The molecule has 0 amide bonds. The summed E-state index contributed by atoms with van der Waals surface area (Å²) in [4.78, 5) is 0. The molecule has 4 heteroatoms. The zero-order chi connectivity index (χ0) is 6.97. The zero-order valence-electron chi connectivity index (χ0n) is 4.95. The molecule has 0 N–H and O–H groups in total. The molecule has 10 heavy (non-hydrogen) atoms. The predicted octanol–water partition coefficient (Wildman–Crippen LogP) is 1.41. The number of para-hydroxylation sites is 2. The molecule has 2 rings (SSSR count). The minimum atomic E-state index is -2.90. The van der Waals surface area contributed by atoms with Crippen LogP contribution in [-0.4, -0.2) is 15.8 Å². The molecular formula is C6H4AsFO2. The van der Waals surface area contributed by atoms with E-state index in [-0.39, 0.29) is 0 Å². The summed E-state index contributed by atoms with van der Waals surface area (Å²) in [6.45, 7) is 0. The van der Waals surface area contributed by atoms with Crippen molar-refractivity contribution in [2.45, 2.75) is 0 Å². The van der Waals surface area contributed by atoms with Crippen molar-refractivity contribution in [3.8, 4) is 11.5 Å². The third-order valence-corrected chi connectivity index (χ3v) is 2.62. The molecule has 0 saturated carbocycles. The van der Waals surface area contributed by atoms with Gasteiger partial charge in [-0.05, 0) is 0 Å². The molecule has 0 fully saturated rings. The molecule has 1 aromatic rings. The van der Waals surface area contributed by atoms with Crippen molar-refractivity contribution < 1.29 is 10.9 Å². The molecule has 0 saturated heterocycles. The molecule has 2 nitrogen and oxygen atoms in total. The number of rotatable bonds is 0. The fourth-order valence-electron chi connectivity index (χ4n) is 0.774. The summed E-state index contributed by atoms with van der Waals surface area (Å²) in [7, 11) is 0. The van der Waals surface area contributed by atoms with Crippen LogP contribution >= 0.6 is 0 Å². The third-order valence-electron chi connectivity index (χ3n) is 1.19. The van der Waals surface area contributed by atoms with Gasteiger partial charge in [-0.1, -0.05) is 0 Å². The van der Waals surface area contributed by atoms with Gasteiger partial charge in [-0.3, -0.25) is 0 Å². The molecule has 0 bridgehead atoms. The van der Waals surface area contributed by atoms with Crippen LogP contribution in [0, 0.1) is 0 Å². The van der Waals surface area contributed by atoms with Gasteiger partial charge in [-0.25, -0.2) is 0 Å². The molecule has 52 valence electrons. The number of hydrogen-bond donors (Lipinski definition) is 0. The Kier molecular flexibility index (Phi) is 1.31. The van der Waals surface area contributed by atoms with Crippen LogP contribution < -0.4 is 7.45 Å². The molecule has 0 unspecified atom stereocenters. The summed E-state index contributed by atoms with van der Waals surface area (Å²) >= 11 is -2.90. The van der Waals surface area contributed by atoms with Crippen molar-refractivity contribution in [1.82, 2.24) is 0 Å². The minimum absolute atomic E-state index is 0.532. The Morgan fingerprint density at radius 1 is 1.10 bits per heavy atom. The van der Waals surface area contributed by atoms with E-state index in [9.17, 15) is 3.47 Å². The van der Waals surface area contributed by atoms with E-state index in [1.807, 2.05) is 0 Å². The average Bonchev–Trinajstić information content (AvgIpc) is 2.27. The molecule has 1 aliphatic rings. The van der Waals surface area contributed by atoms with Crippen LogP contribution in [0.25, 0.3) is 0 Å². The third kappa shape index (κ3) is 0.868. The number of halogens is 1. The summed E-state index contributed by atoms with van der Waals surface area (Å²) in [6, 6.07) is 6.97. The average molecular weight is 202 g/mol. The first-order chi connectivity index (χ1) is 4.86. The van der Waals surface area contributed by atoms with E-state index in [0.717, 1.165) is 0 Å². The van der Waals surface area contributed by atoms with E-state index in [1.54, 1.807) is 24.3 Å². The van der Waals surface area contributed by atoms with E-state index in [0.29, 0.717) is 11.5 Å². The van der Waals surface area contributed by atoms with Crippen molar-refractivity contribution >= 4 is 15.8 Å². The molecule has 0 atom stereocenters. The van der Waals surface area contributed by atoms with Crippen molar-refractivity contribution in [2.75, 3.05) is 0 Å². The van der Waals surface area contributed by atoms with Crippen LogP contribution in [0.4, 0.5) is 3.47 Å². The van der Waals surface area contributed by atoms with Gasteiger partial charge in [0.2, 0.25) is 0 Å². The van der Waals surface area contributed by atoms with Gasteiger partial charge in [-0.15, -0.1) is 0 Å². The Hall–Kier alpha value is -0.692. The Morgan fingerprint density at radius 2 is 1.60 bits per heavy atom. The molecule has 1 aromatic carbocycles. The summed E-state index contributed by atoms with van der Waals surface area (Å²) in [5.41, 5.74) is 0. The summed E-state index contributed by atoms with van der Waals surface area (Å²) < 4.78 is 21.9. The number of benzene rings is 1. The predicted molar refractivity (Wildman–Crippen MR) is 34.6 cm³/mol. The zero-order valence-corrected chi connectivity index (χ0v) is 6.83. The van der Waals surface area contributed by atoms with E-state index >= 15 is 0 Å². The maximum absolute atomic E-state index is 12.4. The van der Waals surface area contributed by atoms with Crippen LogP contribution in [-0.2, 0) is 0 Å². The van der Waals surface area contributed by atoms with Crippen molar-refractivity contribution in [2.24, 2.45) is 0 Å². The van der Waals surface area contributed by atoms with E-state index < -0.39 is 15.8 Å². The van der Waals surface area contributed by atoms with Gasteiger partial charge in [0.25, 0.3) is 0 Å². The molecule has 0 radical (unpaired) electrons. The van der Waals surface area contributed by atoms with E-state index in [1.165, 1.54) is 0 Å². The van der Waals surface area contributed by atoms with Gasteiger partial charge < -0.3 is 0 Å². The number of fused-ring (bicyclic) bond motifs is 1. The molecular weight excluding hydrogens is 198 g/mol. The summed E-state index contributed by atoms with van der Waals surface area (Å²) in [6.07, 6.45) is 0. The molecule has 1 aliphatic heterocycles. The first-order valence-electron chi connectivity index (χ1n) is 2.77. The second kappa shape index (κ2) is 2.17. The molecule has 0 aliphatic carbocycles. The van der Waals surface area contributed by atoms with Crippen LogP contribution in [0.2, 0.25) is 0 Å². The van der Waals surface area contributed by atoms with Gasteiger partial charge in [-0.2, -0.15) is 0 Å². The summed E-state index contributed by atoms with van der Waals surface area (Å²) in [5, 5.41) is 0. The monoisotopic (exact) mass is 202 g/mol. The van der Waals surface area contributed by atoms with E-state index in [4.69, 9.17) is 7.45 Å². The van der Waals surface area contributed by atoms with Crippen LogP contribution in [0.3, 0.4) is 0 Å². The fraction of sp³-hybridized carbons (Fsp3) is 0. The second-order valence-electron chi connectivity index (χ2n) is 1.84. The van der Waals surface area contributed by atoms with Crippen LogP contribution in [0.5, 0.6) is 11.5 Å². The van der Waals surface area contributed by atoms with E-state index in [2.05, 4.69) is 0 Å². The quantitative estimate of drug-likeness (QED) is 0.592. The first-order valence-corrected chi connectivity index (χ1v) is 5.01. The summed E-state index contributed by atoms with van der Waals surface area (Å²) in [5.74, 6) is 1.06. The van der Waals surface area contributed by atoms with Crippen molar-refractivity contribution in [1.29, 1.82) is 0 Å². The maximum atomic E-state index is 12.4. The number of hydrogen-bond acceptors (Lipinski definition) is 2. The Labute approximate surface area is 63.0 Å². The van der Waals surface area contributed by atoms with Gasteiger partial charge in [0.15, 0.2) is 0 Å². The molecule has 1 heterocycles. The SMILES string of the molecule is F[As]1Oc2ccccc2O1.